The van der Waals surface area contributed by atoms with Gasteiger partial charge in [-0.25, -0.2) is 13.2 Å². The Morgan fingerprint density at radius 3 is 2.03 bits per heavy atom. The number of carboxylic acid groups (broad SMARTS) is 1. The molecule has 0 saturated carbocycles. The Morgan fingerprint density at radius 2 is 1.58 bits per heavy atom. The van der Waals surface area contributed by atoms with E-state index in [0.29, 0.717) is 32.0 Å². The summed E-state index contributed by atoms with van der Waals surface area (Å²) in [4.78, 5) is 25.7. The molecule has 1 amide bonds. The highest BCUT2D eigenvalue weighted by Crippen LogP contribution is 2.20. The molecule has 0 atom stereocenters. The minimum atomic E-state index is -5.08. The first-order chi connectivity index (χ1) is 16.9. The van der Waals surface area contributed by atoms with E-state index < -0.39 is 22.2 Å². The predicted octanol–water partition coefficient (Wildman–Crippen LogP) is 1.48. The normalized spacial score (nSPS) is 14.4. The smallest absolute Gasteiger partial charge is 0.490 e. The molecule has 0 bridgehead atoms. The lowest BCUT2D eigenvalue weighted by atomic mass is 10.3. The fraction of sp³-hybridized carbons (Fsp3) is 0.636. The van der Waals surface area contributed by atoms with E-state index in [-0.39, 0.29) is 23.9 Å². The lowest BCUT2D eigenvalue weighted by Gasteiger charge is -2.31. The summed E-state index contributed by atoms with van der Waals surface area (Å²) >= 11 is 0. The van der Waals surface area contributed by atoms with E-state index in [0.717, 1.165) is 26.2 Å². The molecular formula is C22H35F3N4O6S. The van der Waals surface area contributed by atoms with E-state index in [1.165, 1.54) is 4.31 Å². The van der Waals surface area contributed by atoms with Crippen LogP contribution in [0.4, 0.5) is 13.2 Å². The van der Waals surface area contributed by atoms with Crippen molar-refractivity contribution >= 4 is 21.9 Å². The summed E-state index contributed by atoms with van der Waals surface area (Å²) in [6, 6.07) is 6.38. The van der Waals surface area contributed by atoms with Gasteiger partial charge in [-0.05, 0) is 44.3 Å². The van der Waals surface area contributed by atoms with Crippen LogP contribution in [0.5, 0.6) is 5.75 Å². The number of aliphatic carboxylic acids is 1. The molecule has 1 aliphatic heterocycles. The van der Waals surface area contributed by atoms with Crippen LogP contribution in [-0.2, 0) is 19.6 Å². The molecular weight excluding hydrogens is 505 g/mol. The number of sulfonamides is 1. The molecule has 1 saturated heterocycles. The number of carbonyl (C=O) groups excluding carboxylic acids is 1. The molecule has 1 heterocycles. The number of hydrogen-bond donors (Lipinski definition) is 2. The number of carbonyl (C=O) groups is 2. The van der Waals surface area contributed by atoms with Crippen LogP contribution in [0.15, 0.2) is 29.2 Å². The molecule has 0 unspecified atom stereocenters. The molecule has 14 heteroatoms. The van der Waals surface area contributed by atoms with Crippen molar-refractivity contribution in [2.45, 2.75) is 31.8 Å². The molecule has 1 aromatic carbocycles. The number of ether oxygens (including phenoxy) is 1. The molecule has 0 aliphatic carbocycles. The minimum absolute atomic E-state index is 0.142. The van der Waals surface area contributed by atoms with E-state index in [2.05, 4.69) is 10.2 Å². The number of nitrogens with one attached hydrogen (secondary N) is 1. The van der Waals surface area contributed by atoms with Gasteiger partial charge in [0.15, 0.2) is 0 Å². The molecule has 206 valence electrons. The molecule has 0 aromatic heterocycles. The topological polar surface area (TPSA) is 119 Å². The molecule has 2 rings (SSSR count). The SMILES string of the molecule is CCOc1ccc(S(=O)(=O)N(CCN(CC)CC)CC(=O)N2CCNCC2)cc1.O=C(O)C(F)(F)F. The van der Waals surface area contributed by atoms with Crippen molar-refractivity contribution in [1.82, 2.24) is 19.4 Å². The first kappa shape index (κ1) is 31.6. The van der Waals surface area contributed by atoms with Crippen LogP contribution in [0, 0.1) is 0 Å². The second kappa shape index (κ2) is 15.0. The standard InChI is InChI=1S/C20H34N4O4S.C2HF3O2/c1-4-22(5-2)15-16-24(17-20(25)23-13-11-21-12-14-23)29(26,27)19-9-7-18(8-10-19)28-6-3;3-2(4,5)1(6)7/h7-10,21H,4-6,11-17H2,1-3H3;(H,6,7). The van der Waals surface area contributed by atoms with E-state index >= 15 is 0 Å². The fourth-order valence-corrected chi connectivity index (χ4v) is 4.65. The number of benzene rings is 1. The van der Waals surface area contributed by atoms with Crippen LogP contribution in [0.3, 0.4) is 0 Å². The Labute approximate surface area is 210 Å². The number of piperazine rings is 1. The number of hydrogen-bond acceptors (Lipinski definition) is 7. The van der Waals surface area contributed by atoms with Gasteiger partial charge in [-0.3, -0.25) is 4.79 Å². The summed E-state index contributed by atoms with van der Waals surface area (Å²) in [6.07, 6.45) is -5.08. The van der Waals surface area contributed by atoms with Crippen molar-refractivity contribution in [3.8, 4) is 5.75 Å². The van der Waals surface area contributed by atoms with Gasteiger partial charge in [-0.2, -0.15) is 17.5 Å². The number of alkyl halides is 3. The summed E-state index contributed by atoms with van der Waals surface area (Å²) in [5, 5.41) is 10.3. The summed E-state index contributed by atoms with van der Waals surface area (Å²) in [5.41, 5.74) is 0. The van der Waals surface area contributed by atoms with E-state index in [1.54, 1.807) is 29.2 Å². The van der Waals surface area contributed by atoms with Crippen LogP contribution in [-0.4, -0.2) is 111 Å². The molecule has 1 fully saturated rings. The van der Waals surface area contributed by atoms with Crippen molar-refractivity contribution in [3.05, 3.63) is 24.3 Å². The van der Waals surface area contributed by atoms with Gasteiger partial charge in [0.2, 0.25) is 15.9 Å². The zero-order chi connectivity index (χ0) is 27.4. The lowest BCUT2D eigenvalue weighted by Crippen LogP contribution is -2.51. The monoisotopic (exact) mass is 540 g/mol. The summed E-state index contributed by atoms with van der Waals surface area (Å²) in [7, 11) is -3.79. The van der Waals surface area contributed by atoms with Crippen molar-refractivity contribution in [2.24, 2.45) is 0 Å². The second-order valence-electron chi connectivity index (χ2n) is 7.70. The molecule has 36 heavy (non-hydrogen) atoms. The third kappa shape index (κ3) is 10.3. The number of halogens is 3. The first-order valence-electron chi connectivity index (χ1n) is 11.6. The number of likely N-dealkylation sites (N-methyl/N-ethyl adjacent to an activating group) is 1. The molecule has 2 N–H and O–H groups in total. The van der Waals surface area contributed by atoms with Crippen LogP contribution in [0.2, 0.25) is 0 Å². The summed E-state index contributed by atoms with van der Waals surface area (Å²) < 4.78 is 65.0. The van der Waals surface area contributed by atoms with Gasteiger partial charge in [0.25, 0.3) is 0 Å². The summed E-state index contributed by atoms with van der Waals surface area (Å²) in [5.74, 6) is -2.29. The van der Waals surface area contributed by atoms with Gasteiger partial charge >= 0.3 is 12.1 Å². The molecule has 1 aliphatic rings. The molecule has 1 aromatic rings. The van der Waals surface area contributed by atoms with Crippen molar-refractivity contribution in [3.63, 3.8) is 0 Å². The third-order valence-corrected chi connectivity index (χ3v) is 7.22. The second-order valence-corrected chi connectivity index (χ2v) is 9.64. The Hall–Kier alpha value is -2.42. The minimum Gasteiger partial charge on any atom is -0.494 e. The quantitative estimate of drug-likeness (QED) is 0.433. The van der Waals surface area contributed by atoms with Crippen molar-refractivity contribution in [1.29, 1.82) is 0 Å². The van der Waals surface area contributed by atoms with Crippen molar-refractivity contribution in [2.75, 3.05) is 65.5 Å². The van der Waals surface area contributed by atoms with Gasteiger partial charge in [0.05, 0.1) is 18.0 Å². The van der Waals surface area contributed by atoms with Crippen LogP contribution < -0.4 is 10.1 Å². The first-order valence-corrected chi connectivity index (χ1v) is 13.0. The molecule has 0 radical (unpaired) electrons. The number of nitrogens with zero attached hydrogens (tertiary/aromatic N) is 3. The Balaban J connectivity index is 0.000000809. The predicted molar refractivity (Wildman–Crippen MR) is 127 cm³/mol. The van der Waals surface area contributed by atoms with E-state index in [4.69, 9.17) is 14.6 Å². The van der Waals surface area contributed by atoms with Gasteiger partial charge in [-0.15, -0.1) is 0 Å². The van der Waals surface area contributed by atoms with E-state index in [1.807, 2.05) is 20.8 Å². The Kier molecular flexibility index (Phi) is 13.1. The van der Waals surface area contributed by atoms with Crippen molar-refractivity contribution < 1.29 is 41.0 Å². The lowest BCUT2D eigenvalue weighted by molar-refractivity contribution is -0.192. The average Bonchev–Trinajstić information content (AvgIpc) is 2.84. The van der Waals surface area contributed by atoms with E-state index in [9.17, 15) is 26.4 Å². The van der Waals surface area contributed by atoms with Crippen LogP contribution in [0.25, 0.3) is 0 Å². The van der Waals surface area contributed by atoms with Gasteiger partial charge < -0.3 is 25.0 Å². The zero-order valence-corrected chi connectivity index (χ0v) is 21.6. The zero-order valence-electron chi connectivity index (χ0n) is 20.8. The maximum Gasteiger partial charge on any atom is 0.490 e. The number of carboxylic acids is 1. The Bertz CT molecular complexity index is 919. The maximum atomic E-state index is 13.3. The average molecular weight is 541 g/mol. The van der Waals surface area contributed by atoms with Gasteiger partial charge in [0, 0.05) is 39.3 Å². The maximum absolute atomic E-state index is 13.3. The molecule has 10 nitrogen and oxygen atoms in total. The van der Waals surface area contributed by atoms with Gasteiger partial charge in [0.1, 0.15) is 5.75 Å². The highest BCUT2D eigenvalue weighted by atomic mass is 32.2. The van der Waals surface area contributed by atoms with Crippen LogP contribution in [0.1, 0.15) is 20.8 Å². The summed E-state index contributed by atoms with van der Waals surface area (Å²) in [6.45, 7) is 11.5. The van der Waals surface area contributed by atoms with Gasteiger partial charge in [-0.1, -0.05) is 13.8 Å². The molecule has 0 spiro atoms. The number of amides is 1. The highest BCUT2D eigenvalue weighted by molar-refractivity contribution is 7.89. The van der Waals surface area contributed by atoms with Crippen LogP contribution >= 0.6 is 0 Å². The largest absolute Gasteiger partial charge is 0.494 e. The Morgan fingerprint density at radius 1 is 1.06 bits per heavy atom. The fourth-order valence-electron chi connectivity index (χ4n) is 3.27. The third-order valence-electron chi connectivity index (χ3n) is 5.36. The number of rotatable bonds is 11. The highest BCUT2D eigenvalue weighted by Gasteiger charge is 2.38.